The Bertz CT molecular complexity index is 441. The van der Waals surface area contributed by atoms with Crippen molar-refractivity contribution >= 4 is 11.6 Å². The highest BCUT2D eigenvalue weighted by Gasteiger charge is 2.31. The maximum atomic E-state index is 12.7. The summed E-state index contributed by atoms with van der Waals surface area (Å²) >= 11 is 0. The number of ether oxygens (including phenoxy) is 1. The molecule has 0 unspecified atom stereocenters. The van der Waals surface area contributed by atoms with Crippen molar-refractivity contribution in [3.63, 3.8) is 0 Å². The van der Waals surface area contributed by atoms with E-state index in [1.165, 1.54) is 6.07 Å². The molecule has 9 heteroatoms. The van der Waals surface area contributed by atoms with Gasteiger partial charge in [0.15, 0.2) is 5.82 Å². The van der Waals surface area contributed by atoms with Gasteiger partial charge in [-0.05, 0) is 13.3 Å². The van der Waals surface area contributed by atoms with Gasteiger partial charge in [0.25, 0.3) is 0 Å². The van der Waals surface area contributed by atoms with Crippen LogP contribution in [0.1, 0.15) is 26.1 Å². The maximum absolute atomic E-state index is 12.7. The van der Waals surface area contributed by atoms with Gasteiger partial charge in [-0.3, -0.25) is 0 Å². The standard InChI is InChI=1S/C12H20F3N5O/c1-3-5-20(8-12(13,14)15)11-6-9(19-16)17-10(18-11)7-21-4-2/h6H,3-5,7-8,16H2,1-2H3,(H,17,18,19). The van der Waals surface area contributed by atoms with Gasteiger partial charge in [0.2, 0.25) is 0 Å². The highest BCUT2D eigenvalue weighted by molar-refractivity contribution is 5.49. The molecule has 0 amide bonds. The number of alkyl halides is 3. The Morgan fingerprint density at radius 3 is 2.57 bits per heavy atom. The van der Waals surface area contributed by atoms with Crippen LogP contribution in [0.2, 0.25) is 0 Å². The number of halogens is 3. The number of aromatic nitrogens is 2. The second-order valence-electron chi connectivity index (χ2n) is 4.35. The van der Waals surface area contributed by atoms with E-state index in [0.29, 0.717) is 13.0 Å². The fourth-order valence-electron chi connectivity index (χ4n) is 1.74. The average Bonchev–Trinajstić information content (AvgIpc) is 2.43. The zero-order valence-corrected chi connectivity index (χ0v) is 12.1. The average molecular weight is 307 g/mol. The molecule has 1 heterocycles. The molecule has 120 valence electrons. The lowest BCUT2D eigenvalue weighted by atomic mass is 10.3. The highest BCUT2D eigenvalue weighted by atomic mass is 19.4. The molecule has 0 aliphatic carbocycles. The van der Waals surface area contributed by atoms with Crippen LogP contribution in [0.3, 0.4) is 0 Å². The molecule has 0 atom stereocenters. The van der Waals surface area contributed by atoms with Crippen molar-refractivity contribution in [2.24, 2.45) is 5.84 Å². The van der Waals surface area contributed by atoms with Gasteiger partial charge in [-0.25, -0.2) is 15.8 Å². The van der Waals surface area contributed by atoms with E-state index < -0.39 is 12.7 Å². The zero-order chi connectivity index (χ0) is 15.9. The van der Waals surface area contributed by atoms with Crippen LogP contribution in [0.5, 0.6) is 0 Å². The van der Waals surface area contributed by atoms with E-state index in [4.69, 9.17) is 10.6 Å². The van der Waals surface area contributed by atoms with Crippen molar-refractivity contribution < 1.29 is 17.9 Å². The number of hydrogen-bond donors (Lipinski definition) is 2. The molecule has 0 aromatic carbocycles. The van der Waals surface area contributed by atoms with Crippen LogP contribution in [0.4, 0.5) is 24.8 Å². The van der Waals surface area contributed by atoms with Crippen LogP contribution < -0.4 is 16.2 Å². The van der Waals surface area contributed by atoms with Gasteiger partial charge in [0.1, 0.15) is 24.8 Å². The van der Waals surface area contributed by atoms with E-state index >= 15 is 0 Å². The fourth-order valence-corrected chi connectivity index (χ4v) is 1.74. The maximum Gasteiger partial charge on any atom is 0.405 e. The summed E-state index contributed by atoms with van der Waals surface area (Å²) in [4.78, 5) is 9.32. The largest absolute Gasteiger partial charge is 0.405 e. The summed E-state index contributed by atoms with van der Waals surface area (Å²) in [6.45, 7) is 3.34. The van der Waals surface area contributed by atoms with Gasteiger partial charge in [0.05, 0.1) is 0 Å². The van der Waals surface area contributed by atoms with Gasteiger partial charge in [-0.15, -0.1) is 0 Å². The molecular weight excluding hydrogens is 287 g/mol. The minimum Gasteiger partial charge on any atom is -0.374 e. The molecule has 0 radical (unpaired) electrons. The summed E-state index contributed by atoms with van der Waals surface area (Å²) in [7, 11) is 0. The van der Waals surface area contributed by atoms with Gasteiger partial charge in [-0.2, -0.15) is 13.2 Å². The first-order valence-electron chi connectivity index (χ1n) is 6.63. The lowest BCUT2D eigenvalue weighted by Crippen LogP contribution is -2.35. The monoisotopic (exact) mass is 307 g/mol. The molecule has 6 nitrogen and oxygen atoms in total. The summed E-state index contributed by atoms with van der Waals surface area (Å²) in [5.74, 6) is 6.00. The number of nitrogens with zero attached hydrogens (tertiary/aromatic N) is 3. The fraction of sp³-hybridized carbons (Fsp3) is 0.667. The van der Waals surface area contributed by atoms with Crippen LogP contribution in [-0.4, -0.2) is 35.8 Å². The third-order valence-electron chi connectivity index (χ3n) is 2.53. The molecule has 0 fully saturated rings. The number of nitrogens with two attached hydrogens (primary N) is 1. The second-order valence-corrected chi connectivity index (χ2v) is 4.35. The summed E-state index contributed by atoms with van der Waals surface area (Å²) in [6.07, 6.45) is -3.75. The molecule has 1 aromatic rings. The molecule has 1 aromatic heterocycles. The quantitative estimate of drug-likeness (QED) is 0.565. The van der Waals surface area contributed by atoms with Crippen molar-refractivity contribution in [1.82, 2.24) is 9.97 Å². The van der Waals surface area contributed by atoms with Gasteiger partial charge in [0, 0.05) is 19.2 Å². The Labute approximate surface area is 121 Å². The summed E-state index contributed by atoms with van der Waals surface area (Å²) in [5.41, 5.74) is 2.33. The lowest BCUT2D eigenvalue weighted by Gasteiger charge is -2.25. The van der Waals surface area contributed by atoms with E-state index in [0.717, 1.165) is 4.90 Å². The van der Waals surface area contributed by atoms with Crippen LogP contribution >= 0.6 is 0 Å². The Morgan fingerprint density at radius 1 is 1.33 bits per heavy atom. The van der Waals surface area contributed by atoms with E-state index in [9.17, 15) is 13.2 Å². The molecule has 0 aliphatic rings. The van der Waals surface area contributed by atoms with E-state index in [1.54, 1.807) is 13.8 Å². The first-order valence-corrected chi connectivity index (χ1v) is 6.63. The Balaban J connectivity index is 3.04. The number of nitrogens with one attached hydrogen (secondary N) is 1. The summed E-state index contributed by atoms with van der Waals surface area (Å²) in [5, 5.41) is 0. The van der Waals surface area contributed by atoms with Crippen molar-refractivity contribution in [1.29, 1.82) is 0 Å². The minimum absolute atomic E-state index is 0.116. The van der Waals surface area contributed by atoms with E-state index in [1.807, 2.05) is 0 Å². The molecule has 0 saturated heterocycles. The van der Waals surface area contributed by atoms with Crippen LogP contribution in [0.15, 0.2) is 6.07 Å². The van der Waals surface area contributed by atoms with Gasteiger partial charge >= 0.3 is 6.18 Å². The van der Waals surface area contributed by atoms with Gasteiger partial charge in [-0.1, -0.05) is 6.92 Å². The first-order chi connectivity index (χ1) is 9.89. The normalized spacial score (nSPS) is 11.5. The highest BCUT2D eigenvalue weighted by Crippen LogP contribution is 2.22. The number of anilines is 2. The molecular formula is C12H20F3N5O. The van der Waals surface area contributed by atoms with E-state index in [2.05, 4.69) is 15.4 Å². The SMILES string of the molecule is CCCN(CC(F)(F)F)c1cc(NN)nc(COCC)n1. The zero-order valence-electron chi connectivity index (χ0n) is 12.1. The van der Waals surface area contributed by atoms with Gasteiger partial charge < -0.3 is 15.1 Å². The number of hydrogen-bond acceptors (Lipinski definition) is 6. The lowest BCUT2D eigenvalue weighted by molar-refractivity contribution is -0.119. The molecule has 0 spiro atoms. The third-order valence-corrected chi connectivity index (χ3v) is 2.53. The van der Waals surface area contributed by atoms with Crippen molar-refractivity contribution in [2.45, 2.75) is 33.1 Å². The Hall–Kier alpha value is -1.61. The minimum atomic E-state index is -4.31. The van der Waals surface area contributed by atoms with Crippen LogP contribution in [-0.2, 0) is 11.3 Å². The van der Waals surface area contributed by atoms with Crippen LogP contribution in [0, 0.1) is 0 Å². The topological polar surface area (TPSA) is 76.3 Å². The van der Waals surface area contributed by atoms with Crippen molar-refractivity contribution in [3.05, 3.63) is 11.9 Å². The Morgan fingerprint density at radius 2 is 2.05 bits per heavy atom. The number of nitrogen functional groups attached to an aromatic ring is 1. The smallest absolute Gasteiger partial charge is 0.374 e. The van der Waals surface area contributed by atoms with Crippen molar-refractivity contribution in [2.75, 3.05) is 30.0 Å². The Kier molecular flexibility index (Phi) is 6.63. The molecule has 21 heavy (non-hydrogen) atoms. The molecule has 1 rings (SSSR count). The number of rotatable bonds is 8. The van der Waals surface area contributed by atoms with E-state index in [-0.39, 0.29) is 30.6 Å². The second kappa shape index (κ2) is 7.99. The van der Waals surface area contributed by atoms with Crippen molar-refractivity contribution in [3.8, 4) is 0 Å². The molecule has 0 aliphatic heterocycles. The predicted molar refractivity (Wildman–Crippen MR) is 73.7 cm³/mol. The predicted octanol–water partition coefficient (Wildman–Crippen LogP) is 2.08. The number of hydrazine groups is 1. The summed E-state index contributed by atoms with van der Waals surface area (Å²) < 4.78 is 43.1. The molecule has 0 bridgehead atoms. The van der Waals surface area contributed by atoms with Crippen LogP contribution in [0.25, 0.3) is 0 Å². The first kappa shape index (κ1) is 17.4. The molecule has 0 saturated carbocycles. The third kappa shape index (κ3) is 6.13. The molecule has 3 N–H and O–H groups in total. The summed E-state index contributed by atoms with van der Waals surface area (Å²) in [6, 6.07) is 1.39.